The zero-order chi connectivity index (χ0) is 12.7. The van der Waals surface area contributed by atoms with Gasteiger partial charge in [-0.3, -0.25) is 4.79 Å². The van der Waals surface area contributed by atoms with Crippen molar-refractivity contribution in [3.63, 3.8) is 0 Å². The van der Waals surface area contributed by atoms with Crippen molar-refractivity contribution in [2.45, 2.75) is 32.7 Å². The van der Waals surface area contributed by atoms with Crippen LogP contribution in [0, 0.1) is 0 Å². The summed E-state index contributed by atoms with van der Waals surface area (Å²) in [5, 5.41) is 3.41. The molecule has 1 atom stereocenters. The van der Waals surface area contributed by atoms with E-state index in [-0.39, 0.29) is 5.78 Å². The summed E-state index contributed by atoms with van der Waals surface area (Å²) >= 11 is 0. The summed E-state index contributed by atoms with van der Waals surface area (Å²) in [6, 6.07) is 7.90. The van der Waals surface area contributed by atoms with Gasteiger partial charge in [-0.15, -0.1) is 0 Å². The van der Waals surface area contributed by atoms with E-state index in [1.165, 1.54) is 0 Å². The lowest BCUT2D eigenvalue weighted by molar-refractivity contribution is 0.101. The van der Waals surface area contributed by atoms with E-state index in [2.05, 4.69) is 12.2 Å². The maximum absolute atomic E-state index is 11.1. The first-order chi connectivity index (χ1) is 8.17. The Labute approximate surface area is 103 Å². The highest BCUT2D eigenvalue weighted by molar-refractivity contribution is 5.94. The zero-order valence-corrected chi connectivity index (χ0v) is 10.8. The minimum atomic E-state index is 0.0959. The van der Waals surface area contributed by atoms with Gasteiger partial charge in [0.25, 0.3) is 0 Å². The van der Waals surface area contributed by atoms with E-state index >= 15 is 0 Å². The lowest BCUT2D eigenvalue weighted by Gasteiger charge is -2.18. The molecule has 3 nitrogen and oxygen atoms in total. The molecule has 1 aromatic carbocycles. The predicted molar refractivity (Wildman–Crippen MR) is 70.6 cm³/mol. The molecule has 1 aromatic rings. The maximum atomic E-state index is 11.1. The molecule has 0 aliphatic heterocycles. The van der Waals surface area contributed by atoms with E-state index in [0.717, 1.165) is 24.1 Å². The molecule has 1 rings (SSSR count). The first kappa shape index (κ1) is 13.7. The Morgan fingerprint density at radius 3 is 2.47 bits per heavy atom. The Balaban J connectivity index is 2.62. The predicted octanol–water partition coefficient (Wildman–Crippen LogP) is 3.12. The molecular weight excluding hydrogens is 214 g/mol. The molecule has 0 aromatic heterocycles. The molecule has 17 heavy (non-hydrogen) atoms. The summed E-state index contributed by atoms with van der Waals surface area (Å²) < 4.78 is 5.17. The van der Waals surface area contributed by atoms with E-state index in [1.807, 2.05) is 24.3 Å². The number of benzene rings is 1. The van der Waals surface area contributed by atoms with Crippen LogP contribution in [0.4, 0.5) is 5.69 Å². The molecule has 3 heteroatoms. The average molecular weight is 235 g/mol. The van der Waals surface area contributed by atoms with Crippen LogP contribution in [0.15, 0.2) is 24.3 Å². The van der Waals surface area contributed by atoms with Crippen molar-refractivity contribution >= 4 is 11.5 Å². The van der Waals surface area contributed by atoms with Gasteiger partial charge in [-0.25, -0.2) is 0 Å². The van der Waals surface area contributed by atoms with Gasteiger partial charge in [-0.05, 0) is 37.6 Å². The minimum Gasteiger partial charge on any atom is -0.383 e. The van der Waals surface area contributed by atoms with Crippen molar-refractivity contribution in [2.75, 3.05) is 19.0 Å². The third-order valence-electron chi connectivity index (χ3n) is 2.67. The third-order valence-corrected chi connectivity index (χ3v) is 2.67. The van der Waals surface area contributed by atoms with Crippen molar-refractivity contribution in [3.05, 3.63) is 29.8 Å². The Kier molecular flexibility index (Phi) is 5.70. The van der Waals surface area contributed by atoms with Crippen molar-refractivity contribution in [3.8, 4) is 0 Å². The Bertz CT molecular complexity index is 340. The van der Waals surface area contributed by atoms with Crippen LogP contribution >= 0.6 is 0 Å². The van der Waals surface area contributed by atoms with Gasteiger partial charge >= 0.3 is 0 Å². The van der Waals surface area contributed by atoms with Crippen LogP contribution in [0.1, 0.15) is 37.0 Å². The third kappa shape index (κ3) is 4.57. The van der Waals surface area contributed by atoms with Gasteiger partial charge in [0.2, 0.25) is 0 Å². The van der Waals surface area contributed by atoms with Crippen LogP contribution in [0.3, 0.4) is 0 Å². The molecule has 94 valence electrons. The average Bonchev–Trinajstić information content (AvgIpc) is 2.30. The Morgan fingerprint density at radius 2 is 2.00 bits per heavy atom. The van der Waals surface area contributed by atoms with Crippen LogP contribution < -0.4 is 5.32 Å². The number of ketones is 1. The van der Waals surface area contributed by atoms with Crippen molar-refractivity contribution in [2.24, 2.45) is 0 Å². The van der Waals surface area contributed by atoms with Crippen LogP contribution in [0.5, 0.6) is 0 Å². The fourth-order valence-electron chi connectivity index (χ4n) is 1.78. The number of carbonyl (C=O) groups is 1. The quantitative estimate of drug-likeness (QED) is 0.738. The number of nitrogens with one attached hydrogen (secondary N) is 1. The summed E-state index contributed by atoms with van der Waals surface area (Å²) in [6.07, 6.45) is 2.19. The molecule has 0 fully saturated rings. The molecule has 0 spiro atoms. The number of rotatable bonds is 7. The number of ether oxygens (including phenoxy) is 1. The van der Waals surface area contributed by atoms with Gasteiger partial charge in [-0.2, -0.15) is 0 Å². The van der Waals surface area contributed by atoms with Gasteiger partial charge < -0.3 is 10.1 Å². The number of carbonyl (C=O) groups excluding carboxylic acids is 1. The molecule has 1 N–H and O–H groups in total. The largest absolute Gasteiger partial charge is 0.383 e. The second kappa shape index (κ2) is 7.07. The number of hydrogen-bond acceptors (Lipinski definition) is 3. The monoisotopic (exact) mass is 235 g/mol. The van der Waals surface area contributed by atoms with E-state index in [9.17, 15) is 4.79 Å². The fraction of sp³-hybridized carbons (Fsp3) is 0.500. The van der Waals surface area contributed by atoms with Gasteiger partial charge in [-0.1, -0.05) is 13.3 Å². The van der Waals surface area contributed by atoms with Gasteiger partial charge in [0.15, 0.2) is 5.78 Å². The van der Waals surface area contributed by atoms with Crippen LogP contribution in [0.2, 0.25) is 0 Å². The van der Waals surface area contributed by atoms with Crippen LogP contribution in [-0.4, -0.2) is 25.5 Å². The Hall–Kier alpha value is -1.35. The van der Waals surface area contributed by atoms with Gasteiger partial charge in [0.05, 0.1) is 6.61 Å². The summed E-state index contributed by atoms with van der Waals surface area (Å²) in [7, 11) is 1.71. The highest BCUT2D eigenvalue weighted by Gasteiger charge is 2.07. The zero-order valence-electron chi connectivity index (χ0n) is 10.8. The standard InChI is InChI=1S/C14H21NO2/c1-4-5-14(10-17-3)15-13-8-6-12(7-9-13)11(2)16/h6-9,14-15H,4-5,10H2,1-3H3. The SMILES string of the molecule is CCCC(COC)Nc1ccc(C(C)=O)cc1. The molecule has 0 saturated heterocycles. The number of anilines is 1. The normalized spacial score (nSPS) is 12.2. The summed E-state index contributed by atoms with van der Waals surface area (Å²) in [5.74, 6) is 0.0959. The highest BCUT2D eigenvalue weighted by atomic mass is 16.5. The second-order valence-corrected chi connectivity index (χ2v) is 4.22. The van der Waals surface area contributed by atoms with Crippen molar-refractivity contribution < 1.29 is 9.53 Å². The first-order valence-electron chi connectivity index (χ1n) is 6.03. The minimum absolute atomic E-state index is 0.0959. The first-order valence-corrected chi connectivity index (χ1v) is 6.03. The van der Waals surface area contributed by atoms with Crippen molar-refractivity contribution in [1.82, 2.24) is 0 Å². The molecule has 0 saturated carbocycles. The van der Waals surface area contributed by atoms with E-state index in [4.69, 9.17) is 4.74 Å². The molecule has 0 amide bonds. The lowest BCUT2D eigenvalue weighted by atomic mass is 10.1. The molecule has 0 aliphatic carbocycles. The molecular formula is C14H21NO2. The number of methoxy groups -OCH3 is 1. The number of hydrogen-bond donors (Lipinski definition) is 1. The fourth-order valence-corrected chi connectivity index (χ4v) is 1.78. The van der Waals surface area contributed by atoms with Crippen molar-refractivity contribution in [1.29, 1.82) is 0 Å². The molecule has 0 radical (unpaired) electrons. The lowest BCUT2D eigenvalue weighted by Crippen LogP contribution is -2.24. The van der Waals surface area contributed by atoms with E-state index in [0.29, 0.717) is 12.6 Å². The van der Waals surface area contributed by atoms with Gasteiger partial charge in [0.1, 0.15) is 0 Å². The topological polar surface area (TPSA) is 38.3 Å². The number of Topliss-reactive ketones (excluding diaryl/α,β-unsaturated/α-hetero) is 1. The molecule has 0 aliphatic rings. The molecule has 0 bridgehead atoms. The second-order valence-electron chi connectivity index (χ2n) is 4.22. The van der Waals surface area contributed by atoms with E-state index < -0.39 is 0 Å². The van der Waals surface area contributed by atoms with Crippen LogP contribution in [0.25, 0.3) is 0 Å². The van der Waals surface area contributed by atoms with Crippen LogP contribution in [-0.2, 0) is 4.74 Å². The summed E-state index contributed by atoms with van der Waals surface area (Å²) in [4.78, 5) is 11.1. The maximum Gasteiger partial charge on any atom is 0.159 e. The molecule has 1 unspecified atom stereocenters. The van der Waals surface area contributed by atoms with Gasteiger partial charge in [0, 0.05) is 24.4 Å². The van der Waals surface area contributed by atoms with E-state index in [1.54, 1.807) is 14.0 Å². The smallest absolute Gasteiger partial charge is 0.159 e. The Morgan fingerprint density at radius 1 is 1.35 bits per heavy atom. The highest BCUT2D eigenvalue weighted by Crippen LogP contribution is 2.13. The summed E-state index contributed by atoms with van der Waals surface area (Å²) in [6.45, 7) is 4.43. The molecule has 0 heterocycles. The summed E-state index contributed by atoms with van der Waals surface area (Å²) in [5.41, 5.74) is 1.78.